The zero-order valence-corrected chi connectivity index (χ0v) is 22.5. The van der Waals surface area contributed by atoms with Crippen LogP contribution in [0.2, 0.25) is 0 Å². The summed E-state index contributed by atoms with van der Waals surface area (Å²) in [7, 11) is 0. The van der Waals surface area contributed by atoms with Crippen molar-refractivity contribution in [3.8, 4) is 0 Å². The van der Waals surface area contributed by atoms with E-state index in [9.17, 15) is 18.8 Å². The average Bonchev–Trinajstić information content (AvgIpc) is 2.85. The maximum Gasteiger partial charge on any atom is 0.410 e. The first kappa shape index (κ1) is 28.9. The highest BCUT2D eigenvalue weighted by molar-refractivity contribution is 5.83. The van der Waals surface area contributed by atoms with E-state index in [1.165, 1.54) is 23.1 Å². The van der Waals surface area contributed by atoms with Gasteiger partial charge in [0.25, 0.3) is 0 Å². The Kier molecular flexibility index (Phi) is 10.0. The molecule has 9 nitrogen and oxygen atoms in total. The fraction of sp³-hybridized carbons (Fsp3) is 0.500. The maximum absolute atomic E-state index is 13.9. The first-order valence-corrected chi connectivity index (χ1v) is 12.9. The number of amides is 2. The van der Waals surface area contributed by atoms with Gasteiger partial charge >= 0.3 is 12.1 Å². The molecule has 1 aromatic heterocycles. The molecule has 1 aliphatic heterocycles. The lowest BCUT2D eigenvalue weighted by Gasteiger charge is -2.28. The molecule has 10 heteroatoms. The Bertz CT molecular complexity index is 1130. The molecule has 1 aliphatic rings. The Morgan fingerprint density at radius 1 is 1.21 bits per heavy atom. The lowest BCUT2D eigenvalue weighted by molar-refractivity contribution is -0.143. The molecule has 2 heterocycles. The summed E-state index contributed by atoms with van der Waals surface area (Å²) in [5, 5.41) is 6.05. The van der Waals surface area contributed by atoms with Crippen LogP contribution in [0, 0.1) is 5.82 Å². The molecule has 0 fully saturated rings. The molecule has 0 unspecified atom stereocenters. The number of ether oxygens (including phenoxy) is 2. The van der Waals surface area contributed by atoms with Gasteiger partial charge in [-0.1, -0.05) is 18.2 Å². The molecular weight excluding hydrogens is 491 g/mol. The van der Waals surface area contributed by atoms with Crippen molar-refractivity contribution in [1.82, 2.24) is 15.2 Å². The monoisotopic (exact) mass is 528 g/mol. The summed E-state index contributed by atoms with van der Waals surface area (Å²) >= 11 is 0. The van der Waals surface area contributed by atoms with E-state index in [0.717, 1.165) is 36.5 Å². The van der Waals surface area contributed by atoms with E-state index in [1.807, 2.05) is 12.1 Å². The molecule has 0 spiro atoms. The van der Waals surface area contributed by atoms with Crippen molar-refractivity contribution in [3.05, 3.63) is 59.0 Å². The van der Waals surface area contributed by atoms with Crippen LogP contribution in [0.4, 0.5) is 15.0 Å². The van der Waals surface area contributed by atoms with Gasteiger partial charge in [0, 0.05) is 25.2 Å². The highest BCUT2D eigenvalue weighted by Crippen LogP contribution is 2.21. The van der Waals surface area contributed by atoms with E-state index < -0.39 is 35.4 Å². The second-order valence-corrected chi connectivity index (χ2v) is 10.2. The number of anilines is 1. The number of rotatable bonds is 10. The summed E-state index contributed by atoms with van der Waals surface area (Å²) < 4.78 is 24.4. The molecule has 1 atom stereocenters. The molecule has 0 saturated heterocycles. The van der Waals surface area contributed by atoms with Gasteiger partial charge in [-0.25, -0.2) is 14.2 Å². The Morgan fingerprint density at radius 3 is 2.71 bits per heavy atom. The fourth-order valence-corrected chi connectivity index (χ4v) is 4.09. The topological polar surface area (TPSA) is 110 Å². The molecule has 1 aromatic carbocycles. The molecule has 0 saturated carbocycles. The Labute approximate surface area is 223 Å². The minimum atomic E-state index is -0.828. The number of hydrogen-bond acceptors (Lipinski definition) is 7. The summed E-state index contributed by atoms with van der Waals surface area (Å²) in [4.78, 5) is 44.2. The number of halogens is 1. The van der Waals surface area contributed by atoms with Gasteiger partial charge in [0.15, 0.2) is 0 Å². The van der Waals surface area contributed by atoms with Crippen LogP contribution in [-0.4, -0.2) is 59.7 Å². The van der Waals surface area contributed by atoms with Crippen molar-refractivity contribution < 1.29 is 28.2 Å². The van der Waals surface area contributed by atoms with Gasteiger partial charge in [-0.2, -0.15) is 0 Å². The first-order valence-electron chi connectivity index (χ1n) is 12.9. The van der Waals surface area contributed by atoms with Crippen LogP contribution in [0.15, 0.2) is 36.4 Å². The summed E-state index contributed by atoms with van der Waals surface area (Å²) in [6, 6.07) is 8.79. The Hall–Kier alpha value is -3.69. The van der Waals surface area contributed by atoms with Gasteiger partial charge in [0.05, 0.1) is 19.1 Å². The van der Waals surface area contributed by atoms with Crippen molar-refractivity contribution in [2.24, 2.45) is 0 Å². The number of fused-ring (bicyclic) bond motifs is 1. The number of nitrogens with zero attached hydrogens (tertiary/aromatic N) is 2. The molecule has 0 radical (unpaired) electrons. The molecule has 38 heavy (non-hydrogen) atoms. The summed E-state index contributed by atoms with van der Waals surface area (Å²) in [6.45, 7) is 7.86. The fourth-order valence-electron chi connectivity index (χ4n) is 4.09. The number of aryl methyl sites for hydroxylation is 1. The van der Waals surface area contributed by atoms with E-state index >= 15 is 0 Å². The first-order chi connectivity index (χ1) is 18.0. The minimum Gasteiger partial charge on any atom is -0.466 e. The number of esters is 1. The molecule has 206 valence electrons. The second kappa shape index (κ2) is 13.2. The quantitative estimate of drug-likeness (QED) is 0.446. The van der Waals surface area contributed by atoms with Crippen LogP contribution in [-0.2, 0) is 31.9 Å². The predicted molar refractivity (Wildman–Crippen MR) is 141 cm³/mol. The second-order valence-electron chi connectivity index (χ2n) is 10.2. The molecule has 0 bridgehead atoms. The van der Waals surface area contributed by atoms with Gasteiger partial charge in [-0.05, 0) is 69.9 Å². The Balaban J connectivity index is 1.73. The Morgan fingerprint density at radius 2 is 2.00 bits per heavy atom. The van der Waals surface area contributed by atoms with Gasteiger partial charge in [-0.3, -0.25) is 14.5 Å². The smallest absolute Gasteiger partial charge is 0.410 e. The number of pyridine rings is 1. The van der Waals surface area contributed by atoms with Crippen molar-refractivity contribution >= 4 is 23.8 Å². The number of hydrogen-bond donors (Lipinski definition) is 2. The summed E-state index contributed by atoms with van der Waals surface area (Å²) in [5.74, 6) is -0.687. The molecule has 2 aromatic rings. The average molecular weight is 529 g/mol. The van der Waals surface area contributed by atoms with Gasteiger partial charge < -0.3 is 20.1 Å². The molecular formula is C28H37FN4O5. The van der Waals surface area contributed by atoms with E-state index in [1.54, 1.807) is 33.8 Å². The summed E-state index contributed by atoms with van der Waals surface area (Å²) in [6.07, 6.45) is 1.62. The van der Waals surface area contributed by atoms with Crippen LogP contribution < -0.4 is 10.6 Å². The van der Waals surface area contributed by atoms with Crippen LogP contribution in [0.3, 0.4) is 0 Å². The van der Waals surface area contributed by atoms with Crippen molar-refractivity contribution in [2.75, 3.05) is 31.6 Å². The van der Waals surface area contributed by atoms with Gasteiger partial charge in [-0.15, -0.1) is 0 Å². The van der Waals surface area contributed by atoms with Crippen molar-refractivity contribution in [3.63, 3.8) is 0 Å². The zero-order valence-electron chi connectivity index (χ0n) is 22.5. The molecule has 0 aliphatic carbocycles. The van der Waals surface area contributed by atoms with E-state index in [0.29, 0.717) is 12.0 Å². The zero-order chi connectivity index (χ0) is 27.7. The van der Waals surface area contributed by atoms with Crippen molar-refractivity contribution in [2.45, 2.75) is 65.0 Å². The number of benzene rings is 1. The van der Waals surface area contributed by atoms with E-state index in [-0.39, 0.29) is 26.1 Å². The largest absolute Gasteiger partial charge is 0.466 e. The van der Waals surface area contributed by atoms with E-state index in [2.05, 4.69) is 15.6 Å². The number of carbonyl (C=O) groups is 3. The van der Waals surface area contributed by atoms with Gasteiger partial charge in [0.1, 0.15) is 23.8 Å². The molecule has 2 N–H and O–H groups in total. The lowest BCUT2D eigenvalue weighted by Crippen LogP contribution is -2.45. The van der Waals surface area contributed by atoms with Crippen molar-refractivity contribution in [1.29, 1.82) is 0 Å². The lowest BCUT2D eigenvalue weighted by atomic mass is 10.0. The third-order valence-electron chi connectivity index (χ3n) is 5.84. The third-order valence-corrected chi connectivity index (χ3v) is 5.84. The third kappa shape index (κ3) is 9.00. The summed E-state index contributed by atoms with van der Waals surface area (Å²) in [5.41, 5.74) is 1.61. The standard InChI is InChI=1S/C28H37FN4O5/c1-5-37-25(35)17-23(20-8-6-10-21(29)16-20)32-24(34)18-33(27(36)38-28(2,3)4)15-13-22-12-11-19-9-7-14-30-26(19)31-22/h6,8,10-12,16,23H,5,7,9,13-15,17-18H2,1-4H3,(H,30,31)(H,32,34)/t23-/m0/s1. The van der Waals surface area contributed by atoms with Crippen LogP contribution in [0.5, 0.6) is 0 Å². The highest BCUT2D eigenvalue weighted by Gasteiger charge is 2.26. The SMILES string of the molecule is CCOC(=O)C[C@H](NC(=O)CN(CCc1ccc2c(n1)NCCC2)C(=O)OC(C)(C)C)c1cccc(F)c1. The molecule has 3 rings (SSSR count). The van der Waals surface area contributed by atoms with Crippen LogP contribution in [0.25, 0.3) is 0 Å². The van der Waals surface area contributed by atoms with Crippen LogP contribution >= 0.6 is 0 Å². The van der Waals surface area contributed by atoms with E-state index in [4.69, 9.17) is 9.47 Å². The number of carbonyl (C=O) groups excluding carboxylic acids is 3. The normalized spacial score (nSPS) is 13.5. The van der Waals surface area contributed by atoms with Crippen LogP contribution in [0.1, 0.15) is 63.4 Å². The molecule has 2 amide bonds. The van der Waals surface area contributed by atoms with Gasteiger partial charge in [0.2, 0.25) is 5.91 Å². The maximum atomic E-state index is 13.9. The highest BCUT2D eigenvalue weighted by atomic mass is 19.1. The predicted octanol–water partition coefficient (Wildman–Crippen LogP) is 4.17. The number of aromatic nitrogens is 1. The number of nitrogens with one attached hydrogen (secondary N) is 2. The minimum absolute atomic E-state index is 0.179.